The first-order chi connectivity index (χ1) is 16.2. The molecule has 34 heavy (non-hydrogen) atoms. The van der Waals surface area contributed by atoms with Gasteiger partial charge in [-0.05, 0) is 36.8 Å². The molecule has 184 valence electrons. The molecule has 0 heterocycles. The Balaban J connectivity index is 0.000000380. The lowest BCUT2D eigenvalue weighted by Crippen LogP contribution is -2.50. The van der Waals surface area contributed by atoms with Crippen molar-refractivity contribution in [1.82, 2.24) is 5.32 Å². The minimum absolute atomic E-state index is 0.235. The number of benzene rings is 2. The maximum absolute atomic E-state index is 11.8. The van der Waals surface area contributed by atoms with Crippen LogP contribution in [-0.4, -0.2) is 54.8 Å². The number of ether oxygens (including phenoxy) is 2. The van der Waals surface area contributed by atoms with Crippen LogP contribution >= 0.6 is 0 Å². The average Bonchev–Trinajstić information content (AvgIpc) is 2.80. The Labute approximate surface area is 197 Å². The molecule has 2 aromatic carbocycles. The summed E-state index contributed by atoms with van der Waals surface area (Å²) >= 11 is 0. The number of aliphatic carboxylic acids is 1. The molecule has 2 rings (SSSR count). The van der Waals surface area contributed by atoms with E-state index >= 15 is 0 Å². The molecule has 0 aliphatic heterocycles. The Morgan fingerprint density at radius 3 is 2.15 bits per heavy atom. The van der Waals surface area contributed by atoms with Gasteiger partial charge in [0.05, 0.1) is 26.2 Å². The molecule has 0 unspecified atom stereocenters. The van der Waals surface area contributed by atoms with Crippen molar-refractivity contribution >= 4 is 29.6 Å². The average molecular weight is 475 g/mol. The molecule has 0 spiro atoms. The standard InChI is InChI=1S/C14H18N2O5.C9H12N2O2/c1-21-14(20)11(7-9-5-3-2-4-6-9)16-13(19)10(15)8-12(17)18;1-2-13-8-5-3-7(4-6-8)11-9(10)12/h2-6,10-11H,7-8,15H2,1H3,(H,16,19)(H,17,18);3-6H,2H2,1H3,(H3,10,11,12)/t10-,11-;/m0./s1. The number of primary amides is 1. The number of hydrogen-bond donors (Lipinski definition) is 5. The van der Waals surface area contributed by atoms with E-state index in [0.717, 1.165) is 11.3 Å². The van der Waals surface area contributed by atoms with E-state index in [1.807, 2.05) is 25.1 Å². The molecule has 0 saturated heterocycles. The van der Waals surface area contributed by atoms with Gasteiger partial charge in [0.15, 0.2) is 0 Å². The Morgan fingerprint density at radius 1 is 1.03 bits per heavy atom. The first kappa shape index (κ1) is 27.9. The molecule has 0 saturated carbocycles. The maximum Gasteiger partial charge on any atom is 0.328 e. The third-order valence-corrected chi connectivity index (χ3v) is 4.25. The quantitative estimate of drug-likeness (QED) is 0.319. The first-order valence-electron chi connectivity index (χ1n) is 10.3. The lowest BCUT2D eigenvalue weighted by molar-refractivity contribution is -0.145. The number of carboxylic acid groups (broad SMARTS) is 1. The van der Waals surface area contributed by atoms with Crippen molar-refractivity contribution in [3.8, 4) is 5.75 Å². The fraction of sp³-hybridized carbons (Fsp3) is 0.304. The van der Waals surface area contributed by atoms with Gasteiger partial charge in [-0.3, -0.25) is 9.59 Å². The molecule has 2 atom stereocenters. The fourth-order valence-electron chi connectivity index (χ4n) is 2.69. The van der Waals surface area contributed by atoms with Crippen LogP contribution in [0.25, 0.3) is 0 Å². The molecule has 0 bridgehead atoms. The van der Waals surface area contributed by atoms with Crippen molar-refractivity contribution in [2.45, 2.75) is 31.8 Å². The second-order valence-corrected chi connectivity index (χ2v) is 6.93. The third kappa shape index (κ3) is 11.0. The van der Waals surface area contributed by atoms with Crippen molar-refractivity contribution in [1.29, 1.82) is 0 Å². The summed E-state index contributed by atoms with van der Waals surface area (Å²) in [5, 5.41) is 13.5. The lowest BCUT2D eigenvalue weighted by atomic mass is 10.1. The Kier molecular flexibility index (Phi) is 12.2. The number of carbonyl (C=O) groups is 4. The van der Waals surface area contributed by atoms with E-state index in [0.29, 0.717) is 12.3 Å². The van der Waals surface area contributed by atoms with Gasteiger partial charge in [-0.2, -0.15) is 0 Å². The minimum Gasteiger partial charge on any atom is -0.494 e. The van der Waals surface area contributed by atoms with Crippen LogP contribution in [0.4, 0.5) is 10.5 Å². The van der Waals surface area contributed by atoms with Crippen LogP contribution in [0.2, 0.25) is 0 Å². The largest absolute Gasteiger partial charge is 0.494 e. The van der Waals surface area contributed by atoms with E-state index in [4.69, 9.17) is 21.3 Å². The number of nitrogens with two attached hydrogens (primary N) is 2. The summed E-state index contributed by atoms with van der Waals surface area (Å²) in [4.78, 5) is 44.5. The fourth-order valence-corrected chi connectivity index (χ4v) is 2.69. The Hall–Kier alpha value is -4.12. The maximum atomic E-state index is 11.8. The summed E-state index contributed by atoms with van der Waals surface area (Å²) in [7, 11) is 1.21. The van der Waals surface area contributed by atoms with Gasteiger partial charge in [-0.15, -0.1) is 0 Å². The number of amides is 3. The van der Waals surface area contributed by atoms with E-state index in [-0.39, 0.29) is 6.42 Å². The van der Waals surface area contributed by atoms with E-state index in [1.54, 1.807) is 36.4 Å². The van der Waals surface area contributed by atoms with Crippen molar-refractivity contribution in [3.63, 3.8) is 0 Å². The van der Waals surface area contributed by atoms with Gasteiger partial charge >= 0.3 is 18.0 Å². The molecule has 0 fully saturated rings. The van der Waals surface area contributed by atoms with E-state index in [1.165, 1.54) is 7.11 Å². The SMILES string of the molecule is CCOc1ccc(NC(N)=O)cc1.COC(=O)[C@H](Cc1ccccc1)NC(=O)[C@@H](N)CC(=O)O. The summed E-state index contributed by atoms with van der Waals surface area (Å²) in [5.74, 6) is -1.73. The van der Waals surface area contributed by atoms with Crippen molar-refractivity contribution < 1.29 is 33.8 Å². The van der Waals surface area contributed by atoms with Crippen LogP contribution in [0.15, 0.2) is 54.6 Å². The van der Waals surface area contributed by atoms with Gasteiger partial charge in [0.1, 0.15) is 11.8 Å². The topological polar surface area (TPSA) is 183 Å². The molecule has 11 nitrogen and oxygen atoms in total. The molecule has 0 aromatic heterocycles. The number of nitrogens with one attached hydrogen (secondary N) is 2. The summed E-state index contributed by atoms with van der Waals surface area (Å²) in [5.41, 5.74) is 11.9. The molecule has 7 N–H and O–H groups in total. The van der Waals surface area contributed by atoms with Gasteiger partial charge in [0.25, 0.3) is 0 Å². The summed E-state index contributed by atoms with van der Waals surface area (Å²) in [6, 6.07) is 13.4. The number of carboxylic acids is 1. The Morgan fingerprint density at radius 2 is 1.65 bits per heavy atom. The van der Waals surface area contributed by atoms with Gasteiger partial charge < -0.3 is 36.7 Å². The molecule has 0 aliphatic carbocycles. The Bertz CT molecular complexity index is 936. The van der Waals surface area contributed by atoms with E-state index in [9.17, 15) is 19.2 Å². The highest BCUT2D eigenvalue weighted by Gasteiger charge is 2.25. The zero-order valence-electron chi connectivity index (χ0n) is 19.0. The van der Waals surface area contributed by atoms with E-state index < -0.39 is 42.4 Å². The molecule has 2 aromatic rings. The predicted molar refractivity (Wildman–Crippen MR) is 125 cm³/mol. The molecular weight excluding hydrogens is 444 g/mol. The highest BCUT2D eigenvalue weighted by molar-refractivity contribution is 5.90. The number of urea groups is 1. The van der Waals surface area contributed by atoms with Crippen molar-refractivity contribution in [2.24, 2.45) is 11.5 Å². The molecule has 3 amide bonds. The van der Waals surface area contributed by atoms with Gasteiger partial charge in [0.2, 0.25) is 5.91 Å². The number of hydrogen-bond acceptors (Lipinski definition) is 7. The lowest BCUT2D eigenvalue weighted by Gasteiger charge is -2.18. The monoisotopic (exact) mass is 474 g/mol. The van der Waals surface area contributed by atoms with Gasteiger partial charge in [-0.1, -0.05) is 30.3 Å². The van der Waals surface area contributed by atoms with Crippen molar-refractivity contribution in [2.75, 3.05) is 19.0 Å². The first-order valence-corrected chi connectivity index (χ1v) is 10.3. The van der Waals surface area contributed by atoms with Crippen LogP contribution < -0.4 is 26.8 Å². The zero-order chi connectivity index (χ0) is 25.5. The molecule has 0 aliphatic rings. The number of rotatable bonds is 10. The molecule has 0 radical (unpaired) electrons. The highest BCUT2D eigenvalue weighted by Crippen LogP contribution is 2.15. The summed E-state index contributed by atoms with van der Waals surface area (Å²) in [6.07, 6.45) is -0.274. The van der Waals surface area contributed by atoms with E-state index in [2.05, 4.69) is 15.4 Å². The van der Waals surface area contributed by atoms with Crippen LogP contribution in [0.3, 0.4) is 0 Å². The minimum atomic E-state index is -1.22. The zero-order valence-corrected chi connectivity index (χ0v) is 19.0. The molecule has 11 heteroatoms. The predicted octanol–water partition coefficient (Wildman–Crippen LogP) is 1.26. The van der Waals surface area contributed by atoms with Crippen LogP contribution in [0.5, 0.6) is 5.75 Å². The summed E-state index contributed by atoms with van der Waals surface area (Å²) in [6.45, 7) is 2.54. The second kappa shape index (κ2) is 14.9. The number of carbonyl (C=O) groups excluding carboxylic acids is 3. The van der Waals surface area contributed by atoms with Crippen molar-refractivity contribution in [3.05, 3.63) is 60.2 Å². The normalized spacial score (nSPS) is 11.6. The number of esters is 1. The van der Waals surface area contributed by atoms with Crippen LogP contribution in [0, 0.1) is 0 Å². The van der Waals surface area contributed by atoms with Gasteiger partial charge in [-0.25, -0.2) is 9.59 Å². The number of methoxy groups -OCH3 is 1. The summed E-state index contributed by atoms with van der Waals surface area (Å²) < 4.78 is 9.86. The molecular formula is C23H30N4O7. The van der Waals surface area contributed by atoms with Crippen LogP contribution in [-0.2, 0) is 25.5 Å². The highest BCUT2D eigenvalue weighted by atomic mass is 16.5. The third-order valence-electron chi connectivity index (χ3n) is 4.25. The second-order valence-electron chi connectivity index (χ2n) is 6.93. The number of anilines is 1. The van der Waals surface area contributed by atoms with Crippen LogP contribution in [0.1, 0.15) is 18.9 Å². The smallest absolute Gasteiger partial charge is 0.328 e. The van der Waals surface area contributed by atoms with Gasteiger partial charge in [0, 0.05) is 12.1 Å².